The molecule has 0 aromatic heterocycles. The molecule has 1 atom stereocenters. The van der Waals surface area contributed by atoms with Gasteiger partial charge in [0.1, 0.15) is 17.4 Å². The molecule has 2 nitrogen and oxygen atoms in total. The highest BCUT2D eigenvalue weighted by Gasteiger charge is 2.25. The van der Waals surface area contributed by atoms with Crippen LogP contribution in [0.1, 0.15) is 69.4 Å². The molecule has 35 heavy (non-hydrogen) atoms. The van der Waals surface area contributed by atoms with E-state index in [1.54, 1.807) is 6.07 Å². The molecule has 1 unspecified atom stereocenters. The number of ether oxygens (including phenoxy) is 2. The minimum absolute atomic E-state index is 0.0668. The molecular weight excluding hydrogens is 459 g/mol. The fourth-order valence-corrected chi connectivity index (χ4v) is 5.63. The van der Waals surface area contributed by atoms with E-state index in [2.05, 4.69) is 50.2 Å². The summed E-state index contributed by atoms with van der Waals surface area (Å²) in [6.45, 7) is 5.00. The molecule has 0 radical (unpaired) electrons. The summed E-state index contributed by atoms with van der Waals surface area (Å²) < 4.78 is 25.0. The zero-order valence-electron chi connectivity index (χ0n) is 21.0. The van der Waals surface area contributed by atoms with Crippen LogP contribution in [0.4, 0.5) is 4.39 Å². The summed E-state index contributed by atoms with van der Waals surface area (Å²) in [5.41, 5.74) is 4.81. The van der Waals surface area contributed by atoms with Gasteiger partial charge in [-0.3, -0.25) is 0 Å². The van der Waals surface area contributed by atoms with Crippen molar-refractivity contribution in [1.82, 2.24) is 0 Å². The Morgan fingerprint density at radius 1 is 0.886 bits per heavy atom. The molecule has 1 saturated carbocycles. The molecule has 1 aliphatic rings. The summed E-state index contributed by atoms with van der Waals surface area (Å²) >= 11 is 5.98. The smallest absolute Gasteiger partial charge is 0.187 e. The van der Waals surface area contributed by atoms with Gasteiger partial charge in [-0.15, -0.1) is 0 Å². The van der Waals surface area contributed by atoms with E-state index >= 15 is 0 Å². The van der Waals surface area contributed by atoms with Crippen molar-refractivity contribution in [1.29, 1.82) is 0 Å². The molecule has 1 fully saturated rings. The molecule has 0 saturated heterocycles. The SMILES string of the molecule is CCCC(C)C1CCC(c2ccc(-c3ccc(COc4ccc(OC)c(Cl)c4F)cc3)cc2)CC1. The maximum absolute atomic E-state index is 14.4. The summed E-state index contributed by atoms with van der Waals surface area (Å²) in [5.74, 6) is 2.27. The van der Waals surface area contributed by atoms with Gasteiger partial charge in [0.05, 0.1) is 7.11 Å². The van der Waals surface area contributed by atoms with Crippen LogP contribution in [-0.4, -0.2) is 7.11 Å². The molecule has 0 spiro atoms. The molecule has 3 aromatic rings. The van der Waals surface area contributed by atoms with Crippen molar-refractivity contribution in [3.63, 3.8) is 0 Å². The van der Waals surface area contributed by atoms with Crippen molar-refractivity contribution in [2.75, 3.05) is 7.11 Å². The minimum Gasteiger partial charge on any atom is -0.495 e. The van der Waals surface area contributed by atoms with Gasteiger partial charge in [0.2, 0.25) is 0 Å². The van der Waals surface area contributed by atoms with E-state index in [0.717, 1.165) is 23.0 Å². The third-order valence-corrected chi connectivity index (χ3v) is 7.97. The van der Waals surface area contributed by atoms with Crippen LogP contribution in [0.2, 0.25) is 5.02 Å². The quantitative estimate of drug-likeness (QED) is 0.295. The van der Waals surface area contributed by atoms with Crippen molar-refractivity contribution >= 4 is 11.6 Å². The van der Waals surface area contributed by atoms with E-state index in [1.165, 1.54) is 62.8 Å². The zero-order chi connectivity index (χ0) is 24.8. The Balaban J connectivity index is 1.33. The van der Waals surface area contributed by atoms with Crippen LogP contribution in [-0.2, 0) is 6.61 Å². The Morgan fingerprint density at radius 3 is 2.09 bits per heavy atom. The Morgan fingerprint density at radius 2 is 1.49 bits per heavy atom. The summed E-state index contributed by atoms with van der Waals surface area (Å²) in [6, 6.07) is 20.4. The summed E-state index contributed by atoms with van der Waals surface area (Å²) in [6.07, 6.45) is 8.02. The lowest BCUT2D eigenvalue weighted by molar-refractivity contribution is 0.235. The van der Waals surface area contributed by atoms with Crippen LogP contribution in [0.25, 0.3) is 11.1 Å². The fourth-order valence-electron chi connectivity index (χ4n) is 5.40. The highest BCUT2D eigenvalue weighted by atomic mass is 35.5. The number of methoxy groups -OCH3 is 1. The zero-order valence-corrected chi connectivity index (χ0v) is 21.8. The highest BCUT2D eigenvalue weighted by Crippen LogP contribution is 2.40. The lowest BCUT2D eigenvalue weighted by Gasteiger charge is -2.32. The Hall–Kier alpha value is -2.52. The van der Waals surface area contributed by atoms with Gasteiger partial charge in [-0.1, -0.05) is 86.8 Å². The van der Waals surface area contributed by atoms with Crippen LogP contribution < -0.4 is 9.47 Å². The van der Waals surface area contributed by atoms with E-state index in [9.17, 15) is 4.39 Å². The average Bonchev–Trinajstić information content (AvgIpc) is 2.90. The first-order valence-corrected chi connectivity index (χ1v) is 13.2. The first kappa shape index (κ1) is 25.6. The van der Waals surface area contributed by atoms with E-state index < -0.39 is 5.82 Å². The van der Waals surface area contributed by atoms with E-state index in [0.29, 0.717) is 11.7 Å². The number of hydrogen-bond acceptors (Lipinski definition) is 2. The number of halogens is 2. The molecule has 0 heterocycles. The molecule has 3 aromatic carbocycles. The van der Waals surface area contributed by atoms with Crippen molar-refractivity contribution in [3.05, 3.63) is 82.6 Å². The van der Waals surface area contributed by atoms with Gasteiger partial charge in [-0.25, -0.2) is 4.39 Å². The average molecular weight is 495 g/mol. The first-order chi connectivity index (χ1) is 17.0. The second kappa shape index (κ2) is 11.9. The van der Waals surface area contributed by atoms with Gasteiger partial charge in [0.25, 0.3) is 0 Å². The Bertz CT molecular complexity index is 1090. The maximum Gasteiger partial charge on any atom is 0.187 e. The third-order valence-electron chi connectivity index (χ3n) is 7.62. The second-order valence-corrected chi connectivity index (χ2v) is 10.3. The number of benzene rings is 3. The molecule has 0 N–H and O–H groups in total. The first-order valence-electron chi connectivity index (χ1n) is 12.8. The Kier molecular flexibility index (Phi) is 8.73. The van der Waals surface area contributed by atoms with Crippen LogP contribution in [0.5, 0.6) is 11.5 Å². The van der Waals surface area contributed by atoms with Crippen molar-refractivity contribution in [2.45, 2.75) is 64.9 Å². The van der Waals surface area contributed by atoms with Gasteiger partial charge in [-0.05, 0) is 77.8 Å². The van der Waals surface area contributed by atoms with Gasteiger partial charge in [0.15, 0.2) is 11.6 Å². The van der Waals surface area contributed by atoms with Crippen molar-refractivity contribution in [3.8, 4) is 22.6 Å². The fraction of sp³-hybridized carbons (Fsp3) is 0.419. The lowest BCUT2D eigenvalue weighted by atomic mass is 9.73. The monoisotopic (exact) mass is 494 g/mol. The molecule has 0 bridgehead atoms. The van der Waals surface area contributed by atoms with E-state index in [4.69, 9.17) is 21.1 Å². The number of rotatable bonds is 9. The van der Waals surface area contributed by atoms with Gasteiger partial charge < -0.3 is 9.47 Å². The standard InChI is InChI=1S/C31H36ClFO2/c1-4-5-21(2)23-10-12-25(13-11-23)27-16-14-26(15-17-27)24-8-6-22(7-9-24)20-35-29-19-18-28(34-3)30(32)31(29)33/h6-9,14-19,21,23,25H,4-5,10-13,20H2,1-3H3. The molecule has 186 valence electrons. The van der Waals surface area contributed by atoms with Crippen molar-refractivity contribution in [2.24, 2.45) is 11.8 Å². The van der Waals surface area contributed by atoms with Crippen molar-refractivity contribution < 1.29 is 13.9 Å². The molecule has 4 rings (SSSR count). The predicted octanol–water partition coefficient (Wildman–Crippen LogP) is 9.44. The molecule has 0 amide bonds. The van der Waals surface area contributed by atoms with Crippen LogP contribution in [0.15, 0.2) is 60.7 Å². The van der Waals surface area contributed by atoms with Gasteiger partial charge >= 0.3 is 0 Å². The third kappa shape index (κ3) is 6.19. The highest BCUT2D eigenvalue weighted by molar-refractivity contribution is 6.32. The molecular formula is C31H36ClFO2. The summed E-state index contributed by atoms with van der Waals surface area (Å²) in [4.78, 5) is 0. The van der Waals surface area contributed by atoms with Gasteiger partial charge in [-0.2, -0.15) is 0 Å². The van der Waals surface area contributed by atoms with Crippen LogP contribution in [0, 0.1) is 17.7 Å². The topological polar surface area (TPSA) is 18.5 Å². The predicted molar refractivity (Wildman–Crippen MR) is 143 cm³/mol. The molecule has 0 aliphatic heterocycles. The number of hydrogen-bond donors (Lipinski definition) is 0. The molecule has 1 aliphatic carbocycles. The van der Waals surface area contributed by atoms with Gasteiger partial charge in [0, 0.05) is 0 Å². The molecule has 4 heteroatoms. The second-order valence-electron chi connectivity index (χ2n) is 9.88. The largest absolute Gasteiger partial charge is 0.495 e. The van der Waals surface area contributed by atoms with Crippen LogP contribution in [0.3, 0.4) is 0 Å². The normalized spacial score (nSPS) is 18.8. The lowest BCUT2D eigenvalue weighted by Crippen LogP contribution is -2.19. The van der Waals surface area contributed by atoms with E-state index in [-0.39, 0.29) is 17.4 Å². The summed E-state index contributed by atoms with van der Waals surface area (Å²) in [7, 11) is 1.45. The van der Waals surface area contributed by atoms with Crippen LogP contribution >= 0.6 is 11.6 Å². The maximum atomic E-state index is 14.4. The Labute approximate surface area is 214 Å². The summed E-state index contributed by atoms with van der Waals surface area (Å²) in [5, 5.41) is -0.0668. The van der Waals surface area contributed by atoms with E-state index in [1.807, 2.05) is 12.1 Å². The minimum atomic E-state index is -0.605.